The van der Waals surface area contributed by atoms with Gasteiger partial charge in [0.1, 0.15) is 27.7 Å². The molecule has 0 spiro atoms. The smallest absolute Gasteiger partial charge is 0.271 e. The van der Waals surface area contributed by atoms with Gasteiger partial charge in [0.25, 0.3) is 5.56 Å². The molecule has 5 rings (SSSR count). The summed E-state index contributed by atoms with van der Waals surface area (Å²) >= 11 is 0.693. The summed E-state index contributed by atoms with van der Waals surface area (Å²) in [7, 11) is 0. The van der Waals surface area contributed by atoms with Crippen molar-refractivity contribution < 1.29 is 17.6 Å². The summed E-state index contributed by atoms with van der Waals surface area (Å²) < 4.78 is 61.7. The minimum absolute atomic E-state index is 0.0728. The molecule has 148 valence electrons. The number of benzene rings is 2. The second-order valence-corrected chi connectivity index (χ2v) is 7.87. The highest BCUT2D eigenvalue weighted by molar-refractivity contribution is 7.12. The van der Waals surface area contributed by atoms with Gasteiger partial charge in [-0.3, -0.25) is 18.5 Å². The average Bonchev–Trinajstić information content (AvgIpc) is 3.26. The van der Waals surface area contributed by atoms with E-state index in [1.54, 1.807) is 0 Å². The highest BCUT2D eigenvalue weighted by Gasteiger charge is 2.45. The van der Waals surface area contributed by atoms with Gasteiger partial charge in [0, 0.05) is 17.2 Å². The second-order valence-electron chi connectivity index (χ2n) is 7.07. The van der Waals surface area contributed by atoms with Gasteiger partial charge < -0.3 is 5.73 Å². The number of aromatic amines is 1. The van der Waals surface area contributed by atoms with Crippen molar-refractivity contribution in [3.8, 4) is 5.69 Å². The molecule has 2 aromatic carbocycles. The van der Waals surface area contributed by atoms with E-state index in [1.807, 2.05) is 0 Å². The third-order valence-corrected chi connectivity index (χ3v) is 6.08. The predicted molar refractivity (Wildman–Crippen MR) is 100 cm³/mol. The summed E-state index contributed by atoms with van der Waals surface area (Å²) in [4.78, 5) is 24.9. The summed E-state index contributed by atoms with van der Waals surface area (Å²) in [5.74, 6) is -4.02. The zero-order chi connectivity index (χ0) is 20.7. The number of nitrogens with two attached hydrogens (primary N) is 1. The van der Waals surface area contributed by atoms with Gasteiger partial charge >= 0.3 is 0 Å². The van der Waals surface area contributed by atoms with Crippen LogP contribution in [-0.2, 0) is 5.54 Å². The third kappa shape index (κ3) is 2.42. The molecular formula is C19H11F4N3O2S. The second kappa shape index (κ2) is 5.77. The number of nitrogens with one attached hydrogen (secondary N) is 1. The molecule has 0 unspecified atom stereocenters. The summed E-state index contributed by atoms with van der Waals surface area (Å²) in [5, 5.41) is -0.806. The van der Waals surface area contributed by atoms with E-state index in [9.17, 15) is 22.8 Å². The quantitative estimate of drug-likeness (QED) is 0.487. The zero-order valence-corrected chi connectivity index (χ0v) is 15.3. The molecule has 1 fully saturated rings. The number of fused-ring (bicyclic) bond motifs is 2. The molecule has 0 atom stereocenters. The van der Waals surface area contributed by atoms with Crippen LogP contribution in [0.3, 0.4) is 0 Å². The topological polar surface area (TPSA) is 80.9 Å². The molecule has 3 N–H and O–H groups in total. The Balaban J connectivity index is 2.07. The molecule has 2 aromatic heterocycles. The molecule has 0 amide bonds. The minimum Gasteiger partial charge on any atom is -0.321 e. The standard InChI is InChI=1S/C19H11F4N3O2S/c20-7-1-2-11(9(21)5-7)26-15-8(16(27)12-17(28)25-29-18(12)26)6-10(22)13(14(15)23)19(24)3-4-19/h1-2,5-6H,3-4,24H2,(H,25,28). The lowest BCUT2D eigenvalue weighted by Gasteiger charge is -2.18. The molecular weight excluding hydrogens is 410 g/mol. The van der Waals surface area contributed by atoms with Crippen molar-refractivity contribution in [3.05, 3.63) is 73.7 Å². The fraction of sp³-hybridized carbons (Fsp3) is 0.158. The highest BCUT2D eigenvalue weighted by Crippen LogP contribution is 2.46. The van der Waals surface area contributed by atoms with Crippen molar-refractivity contribution in [3.63, 3.8) is 0 Å². The summed E-state index contributed by atoms with van der Waals surface area (Å²) in [6.45, 7) is 0. The van der Waals surface area contributed by atoms with E-state index in [1.165, 1.54) is 0 Å². The zero-order valence-electron chi connectivity index (χ0n) is 14.5. The average molecular weight is 421 g/mol. The lowest BCUT2D eigenvalue weighted by molar-refractivity contribution is 0.525. The van der Waals surface area contributed by atoms with Crippen LogP contribution in [0.4, 0.5) is 17.6 Å². The van der Waals surface area contributed by atoms with Crippen molar-refractivity contribution in [2.75, 3.05) is 0 Å². The number of nitrogens with zero attached hydrogens (tertiary/aromatic N) is 1. The van der Waals surface area contributed by atoms with E-state index in [0.717, 1.165) is 22.8 Å². The summed E-state index contributed by atoms with van der Waals surface area (Å²) in [6, 6.07) is 3.42. The minimum atomic E-state index is -1.22. The first-order valence-corrected chi connectivity index (χ1v) is 9.37. The van der Waals surface area contributed by atoms with Crippen LogP contribution in [0.25, 0.3) is 26.8 Å². The van der Waals surface area contributed by atoms with Gasteiger partial charge in [-0.15, -0.1) is 0 Å². The normalized spacial score (nSPS) is 15.3. The lowest BCUT2D eigenvalue weighted by atomic mass is 10.0. The Morgan fingerprint density at radius 2 is 1.79 bits per heavy atom. The Kier molecular flexibility index (Phi) is 3.60. The molecule has 0 bridgehead atoms. The van der Waals surface area contributed by atoms with Crippen molar-refractivity contribution >= 4 is 32.7 Å². The molecule has 0 saturated heterocycles. The van der Waals surface area contributed by atoms with Crippen LogP contribution >= 0.6 is 11.5 Å². The Bertz CT molecular complexity index is 1470. The van der Waals surface area contributed by atoms with E-state index in [4.69, 9.17) is 5.73 Å². The highest BCUT2D eigenvalue weighted by atomic mass is 32.1. The van der Waals surface area contributed by atoms with Crippen LogP contribution in [0.1, 0.15) is 18.4 Å². The van der Waals surface area contributed by atoms with Gasteiger partial charge in [-0.05, 0) is 42.6 Å². The molecule has 4 aromatic rings. The first-order chi connectivity index (χ1) is 13.7. The first-order valence-electron chi connectivity index (χ1n) is 8.55. The van der Waals surface area contributed by atoms with Crippen LogP contribution in [-0.4, -0.2) is 8.94 Å². The fourth-order valence-electron chi connectivity index (χ4n) is 3.62. The summed E-state index contributed by atoms with van der Waals surface area (Å²) in [5.41, 5.74) is 2.02. The van der Waals surface area contributed by atoms with Gasteiger partial charge in [-0.2, -0.15) is 0 Å². The van der Waals surface area contributed by atoms with E-state index in [-0.39, 0.29) is 15.9 Å². The van der Waals surface area contributed by atoms with E-state index in [2.05, 4.69) is 4.37 Å². The van der Waals surface area contributed by atoms with E-state index < -0.39 is 56.3 Å². The molecule has 0 aliphatic heterocycles. The Labute approximate surface area is 163 Å². The predicted octanol–water partition coefficient (Wildman–Crippen LogP) is 3.40. The number of aromatic nitrogens is 2. The van der Waals surface area contributed by atoms with Crippen LogP contribution in [0, 0.1) is 23.3 Å². The third-order valence-electron chi connectivity index (χ3n) is 5.21. The Morgan fingerprint density at radius 3 is 2.45 bits per heavy atom. The number of hydrogen-bond acceptors (Lipinski definition) is 4. The van der Waals surface area contributed by atoms with Crippen LogP contribution in [0.15, 0.2) is 33.9 Å². The van der Waals surface area contributed by atoms with Gasteiger partial charge in [-0.25, -0.2) is 17.6 Å². The molecule has 2 heterocycles. The van der Waals surface area contributed by atoms with Gasteiger partial charge in [0.15, 0.2) is 5.82 Å². The Hall–Kier alpha value is -2.98. The molecule has 29 heavy (non-hydrogen) atoms. The molecule has 10 heteroatoms. The monoisotopic (exact) mass is 421 g/mol. The number of halogens is 4. The first kappa shape index (κ1) is 18.1. The van der Waals surface area contributed by atoms with Crippen LogP contribution in [0.5, 0.6) is 0 Å². The molecule has 1 aliphatic carbocycles. The van der Waals surface area contributed by atoms with Gasteiger partial charge in [-0.1, -0.05) is 0 Å². The van der Waals surface area contributed by atoms with Crippen molar-refractivity contribution in [2.45, 2.75) is 18.4 Å². The van der Waals surface area contributed by atoms with Crippen LogP contribution in [0.2, 0.25) is 0 Å². The largest absolute Gasteiger partial charge is 0.321 e. The van der Waals surface area contributed by atoms with E-state index in [0.29, 0.717) is 30.4 Å². The van der Waals surface area contributed by atoms with Crippen LogP contribution < -0.4 is 16.7 Å². The number of pyridine rings is 1. The maximum Gasteiger partial charge on any atom is 0.271 e. The Morgan fingerprint density at radius 1 is 1.07 bits per heavy atom. The number of H-pyrrole nitrogens is 1. The molecule has 5 nitrogen and oxygen atoms in total. The van der Waals surface area contributed by atoms with Gasteiger partial charge in [0.05, 0.1) is 16.6 Å². The summed E-state index contributed by atoms with van der Waals surface area (Å²) in [6.07, 6.45) is 0.697. The van der Waals surface area contributed by atoms with Crippen molar-refractivity contribution in [1.82, 2.24) is 8.94 Å². The van der Waals surface area contributed by atoms with E-state index >= 15 is 4.39 Å². The SMILES string of the molecule is NC1(c2c(F)cc3c(=O)c4c(=O)[nH]sc4n(-c4ccc(F)cc4F)c3c2F)CC1. The lowest BCUT2D eigenvalue weighted by Crippen LogP contribution is -2.24. The number of hydrogen-bond donors (Lipinski definition) is 2. The maximum atomic E-state index is 15.6. The molecule has 1 saturated carbocycles. The number of rotatable bonds is 2. The van der Waals surface area contributed by atoms with Crippen molar-refractivity contribution in [2.24, 2.45) is 5.73 Å². The maximum absolute atomic E-state index is 15.6. The van der Waals surface area contributed by atoms with Crippen molar-refractivity contribution in [1.29, 1.82) is 0 Å². The molecule has 0 radical (unpaired) electrons. The van der Waals surface area contributed by atoms with Gasteiger partial charge in [0.2, 0.25) is 5.43 Å². The fourth-order valence-corrected chi connectivity index (χ4v) is 4.48. The molecule has 1 aliphatic rings.